The van der Waals surface area contributed by atoms with Crippen molar-refractivity contribution in [1.29, 1.82) is 0 Å². The highest BCUT2D eigenvalue weighted by molar-refractivity contribution is 6.76. The SMILES string of the molecule is CC1CN(c2ccc(OCOCC[Si](C)(C)C)cc2N)CCN1C(=O)OC(C)(C)C. The van der Waals surface area contributed by atoms with Gasteiger partial charge in [0.2, 0.25) is 0 Å². The normalized spacial score (nSPS) is 17.8. The van der Waals surface area contributed by atoms with Gasteiger partial charge >= 0.3 is 6.09 Å². The Morgan fingerprint density at radius 3 is 2.50 bits per heavy atom. The summed E-state index contributed by atoms with van der Waals surface area (Å²) < 4.78 is 16.8. The molecule has 1 heterocycles. The molecule has 1 aromatic carbocycles. The number of amides is 1. The Labute approximate surface area is 182 Å². The van der Waals surface area contributed by atoms with Gasteiger partial charge in [-0.05, 0) is 45.9 Å². The van der Waals surface area contributed by atoms with Gasteiger partial charge in [0.1, 0.15) is 11.4 Å². The molecule has 0 bridgehead atoms. The Morgan fingerprint density at radius 2 is 1.93 bits per heavy atom. The van der Waals surface area contributed by atoms with Gasteiger partial charge in [0, 0.05) is 46.4 Å². The molecule has 1 unspecified atom stereocenters. The smallest absolute Gasteiger partial charge is 0.410 e. The first kappa shape index (κ1) is 24.3. The summed E-state index contributed by atoms with van der Waals surface area (Å²) in [7, 11) is -1.09. The summed E-state index contributed by atoms with van der Waals surface area (Å²) >= 11 is 0. The monoisotopic (exact) mass is 437 g/mol. The maximum atomic E-state index is 12.4. The lowest BCUT2D eigenvalue weighted by Gasteiger charge is -2.41. The van der Waals surface area contributed by atoms with Crippen LogP contribution in [0.4, 0.5) is 16.2 Å². The fourth-order valence-electron chi connectivity index (χ4n) is 3.23. The molecule has 1 aliphatic heterocycles. The third kappa shape index (κ3) is 7.72. The first-order chi connectivity index (χ1) is 13.9. The summed E-state index contributed by atoms with van der Waals surface area (Å²) in [5, 5.41) is 0. The number of piperazine rings is 1. The van der Waals surface area contributed by atoms with E-state index in [4.69, 9.17) is 19.9 Å². The van der Waals surface area contributed by atoms with E-state index in [9.17, 15) is 4.79 Å². The zero-order chi connectivity index (χ0) is 22.5. The number of carbonyl (C=O) groups is 1. The van der Waals surface area contributed by atoms with Gasteiger partial charge in [0.25, 0.3) is 0 Å². The van der Waals surface area contributed by atoms with Crippen molar-refractivity contribution in [3.05, 3.63) is 18.2 Å². The van der Waals surface area contributed by atoms with Crippen LogP contribution < -0.4 is 15.4 Å². The Kier molecular flexibility index (Phi) is 8.04. The van der Waals surface area contributed by atoms with E-state index < -0.39 is 13.7 Å². The van der Waals surface area contributed by atoms with Crippen LogP contribution in [0.2, 0.25) is 25.7 Å². The van der Waals surface area contributed by atoms with Crippen LogP contribution >= 0.6 is 0 Å². The van der Waals surface area contributed by atoms with E-state index in [1.54, 1.807) is 4.90 Å². The number of nitrogen functional groups attached to an aromatic ring is 1. The molecule has 1 amide bonds. The predicted molar refractivity (Wildman–Crippen MR) is 125 cm³/mol. The van der Waals surface area contributed by atoms with Crippen molar-refractivity contribution in [3.63, 3.8) is 0 Å². The largest absolute Gasteiger partial charge is 0.467 e. The molecule has 7 nitrogen and oxygen atoms in total. The van der Waals surface area contributed by atoms with Crippen molar-refractivity contribution in [2.75, 3.05) is 43.7 Å². The van der Waals surface area contributed by atoms with E-state index in [0.29, 0.717) is 31.1 Å². The third-order valence-corrected chi connectivity index (χ3v) is 6.60. The first-order valence-electron chi connectivity index (χ1n) is 10.7. The Balaban J connectivity index is 1.88. The average Bonchev–Trinajstić information content (AvgIpc) is 2.59. The van der Waals surface area contributed by atoms with Gasteiger partial charge < -0.3 is 29.7 Å². The number of ether oxygens (including phenoxy) is 3. The number of hydrogen-bond acceptors (Lipinski definition) is 6. The number of nitrogens with two attached hydrogens (primary N) is 1. The van der Waals surface area contributed by atoms with E-state index in [1.807, 2.05) is 45.9 Å². The van der Waals surface area contributed by atoms with Gasteiger partial charge in [-0.3, -0.25) is 0 Å². The molecule has 0 spiro atoms. The van der Waals surface area contributed by atoms with Crippen LogP contribution in [0, 0.1) is 0 Å². The zero-order valence-corrected chi connectivity index (χ0v) is 20.7. The second-order valence-corrected chi connectivity index (χ2v) is 15.8. The molecule has 0 radical (unpaired) electrons. The first-order valence-corrected chi connectivity index (χ1v) is 14.4. The minimum absolute atomic E-state index is 0.0312. The van der Waals surface area contributed by atoms with E-state index in [-0.39, 0.29) is 18.9 Å². The maximum Gasteiger partial charge on any atom is 0.410 e. The van der Waals surface area contributed by atoms with Gasteiger partial charge in [-0.15, -0.1) is 0 Å². The van der Waals surface area contributed by atoms with Crippen molar-refractivity contribution in [2.45, 2.75) is 65.0 Å². The topological polar surface area (TPSA) is 77.3 Å². The molecule has 1 aromatic rings. The molecular formula is C22H39N3O4Si. The van der Waals surface area contributed by atoms with E-state index in [2.05, 4.69) is 24.5 Å². The van der Waals surface area contributed by atoms with Crippen LogP contribution in [0.1, 0.15) is 27.7 Å². The predicted octanol–water partition coefficient (Wildman–Crippen LogP) is 4.41. The van der Waals surface area contributed by atoms with E-state index in [0.717, 1.165) is 18.3 Å². The molecule has 2 N–H and O–H groups in total. The molecule has 0 aliphatic carbocycles. The van der Waals surface area contributed by atoms with E-state index >= 15 is 0 Å². The number of benzene rings is 1. The van der Waals surface area contributed by atoms with Gasteiger partial charge in [0.05, 0.1) is 11.4 Å². The minimum atomic E-state index is -1.09. The zero-order valence-electron chi connectivity index (χ0n) is 19.7. The lowest BCUT2D eigenvalue weighted by Crippen LogP contribution is -2.55. The quantitative estimate of drug-likeness (QED) is 0.295. The third-order valence-electron chi connectivity index (χ3n) is 4.90. The van der Waals surface area contributed by atoms with Crippen molar-refractivity contribution in [2.24, 2.45) is 0 Å². The lowest BCUT2D eigenvalue weighted by molar-refractivity contribution is 0.0159. The fourth-order valence-corrected chi connectivity index (χ4v) is 3.98. The van der Waals surface area contributed by atoms with Crippen LogP contribution in [0.3, 0.4) is 0 Å². The standard InChI is InChI=1S/C22H39N3O4Si/c1-17-15-24(10-11-25(17)21(26)29-22(2,3)4)20-9-8-18(14-19(20)23)28-16-27-12-13-30(5,6)7/h8-9,14,17H,10-13,15-16,23H2,1-7H3. The molecule has 2 rings (SSSR count). The Bertz CT molecular complexity index is 715. The minimum Gasteiger partial charge on any atom is -0.467 e. The summed E-state index contributed by atoms with van der Waals surface area (Å²) in [4.78, 5) is 16.4. The summed E-state index contributed by atoms with van der Waals surface area (Å²) in [5.41, 5.74) is 7.42. The summed E-state index contributed by atoms with van der Waals surface area (Å²) in [6.45, 7) is 17.6. The Hall–Kier alpha value is -1.93. The number of nitrogens with zero attached hydrogens (tertiary/aromatic N) is 2. The molecule has 1 atom stereocenters. The molecular weight excluding hydrogens is 398 g/mol. The lowest BCUT2D eigenvalue weighted by atomic mass is 10.1. The van der Waals surface area contributed by atoms with Crippen molar-refractivity contribution in [3.8, 4) is 5.75 Å². The van der Waals surface area contributed by atoms with Crippen LogP contribution in [0.15, 0.2) is 18.2 Å². The molecule has 8 heteroatoms. The van der Waals surface area contributed by atoms with E-state index in [1.165, 1.54) is 0 Å². The second kappa shape index (κ2) is 9.92. The molecule has 30 heavy (non-hydrogen) atoms. The number of hydrogen-bond donors (Lipinski definition) is 1. The van der Waals surface area contributed by atoms with Crippen molar-refractivity contribution < 1.29 is 19.0 Å². The van der Waals surface area contributed by atoms with Crippen LogP contribution in [-0.2, 0) is 9.47 Å². The highest BCUT2D eigenvalue weighted by Crippen LogP contribution is 2.30. The average molecular weight is 438 g/mol. The number of rotatable bonds is 7. The van der Waals surface area contributed by atoms with Crippen LogP contribution in [0.5, 0.6) is 5.75 Å². The number of anilines is 2. The molecule has 0 saturated carbocycles. The van der Waals surface area contributed by atoms with Gasteiger partial charge in [-0.1, -0.05) is 19.6 Å². The maximum absolute atomic E-state index is 12.4. The summed E-state index contributed by atoms with van der Waals surface area (Å²) in [6, 6.07) is 6.87. The molecule has 1 saturated heterocycles. The molecule has 0 aromatic heterocycles. The van der Waals surface area contributed by atoms with Crippen molar-refractivity contribution >= 4 is 25.5 Å². The van der Waals surface area contributed by atoms with Gasteiger partial charge in [-0.2, -0.15) is 0 Å². The molecule has 1 aliphatic rings. The second-order valence-electron chi connectivity index (χ2n) is 10.2. The fraction of sp³-hybridized carbons (Fsp3) is 0.682. The summed E-state index contributed by atoms with van der Waals surface area (Å²) in [5.74, 6) is 0.699. The van der Waals surface area contributed by atoms with Crippen molar-refractivity contribution in [1.82, 2.24) is 4.90 Å². The highest BCUT2D eigenvalue weighted by atomic mass is 28.3. The highest BCUT2D eigenvalue weighted by Gasteiger charge is 2.31. The molecule has 1 fully saturated rings. The van der Waals surface area contributed by atoms with Gasteiger partial charge in [-0.25, -0.2) is 4.79 Å². The van der Waals surface area contributed by atoms with Crippen LogP contribution in [-0.4, -0.2) is 63.7 Å². The van der Waals surface area contributed by atoms with Gasteiger partial charge in [0.15, 0.2) is 6.79 Å². The Morgan fingerprint density at radius 1 is 1.23 bits per heavy atom. The number of carbonyl (C=O) groups excluding carboxylic acids is 1. The molecule has 170 valence electrons. The van der Waals surface area contributed by atoms with Crippen LogP contribution in [0.25, 0.3) is 0 Å². The summed E-state index contributed by atoms with van der Waals surface area (Å²) in [6.07, 6.45) is -0.263.